The van der Waals surface area contributed by atoms with Crippen LogP contribution in [0.15, 0.2) is 48.5 Å². The lowest BCUT2D eigenvalue weighted by atomic mass is 10.0. The molecular formula is C17H17NO4. The molecule has 0 aromatic heterocycles. The maximum Gasteiger partial charge on any atom is 0.268 e. The van der Waals surface area contributed by atoms with E-state index in [4.69, 9.17) is 4.74 Å². The van der Waals surface area contributed by atoms with Crippen LogP contribution >= 0.6 is 0 Å². The van der Waals surface area contributed by atoms with Crippen LogP contribution in [0.5, 0.6) is 11.5 Å². The van der Waals surface area contributed by atoms with Gasteiger partial charge in [0.25, 0.3) is 5.91 Å². The summed E-state index contributed by atoms with van der Waals surface area (Å²) in [6.45, 7) is 0.0167. The average Bonchev–Trinajstić information content (AvgIpc) is 2.53. The Balaban J connectivity index is 1.91. The lowest BCUT2D eigenvalue weighted by Gasteiger charge is -2.34. The van der Waals surface area contributed by atoms with Crippen LogP contribution in [0.3, 0.4) is 0 Å². The van der Waals surface area contributed by atoms with E-state index in [1.54, 1.807) is 6.07 Å². The number of β-amino-alcohol motifs (C(OH)–C–C–N with tert-alkyl or cyclic N) is 1. The fourth-order valence-electron chi connectivity index (χ4n) is 2.60. The second-order valence-corrected chi connectivity index (χ2v) is 5.16. The van der Waals surface area contributed by atoms with Crippen LogP contribution in [0, 0.1) is 0 Å². The van der Waals surface area contributed by atoms with Gasteiger partial charge in [-0.25, -0.2) is 0 Å². The normalized spacial score (nSPS) is 17.0. The molecule has 5 nitrogen and oxygen atoms in total. The lowest BCUT2D eigenvalue weighted by molar-refractivity contribution is -0.126. The molecular weight excluding hydrogens is 282 g/mol. The highest BCUT2D eigenvalue weighted by Crippen LogP contribution is 2.37. The monoisotopic (exact) mass is 299 g/mol. The largest absolute Gasteiger partial charge is 0.508 e. The van der Waals surface area contributed by atoms with Crippen molar-refractivity contribution in [1.82, 2.24) is 0 Å². The van der Waals surface area contributed by atoms with Gasteiger partial charge in [0.15, 0.2) is 6.10 Å². The number of aliphatic hydroxyl groups is 1. The van der Waals surface area contributed by atoms with Gasteiger partial charge in [-0.1, -0.05) is 30.3 Å². The zero-order valence-electron chi connectivity index (χ0n) is 12.0. The van der Waals surface area contributed by atoms with Crippen molar-refractivity contribution in [1.29, 1.82) is 0 Å². The molecule has 0 fully saturated rings. The van der Waals surface area contributed by atoms with Crippen LogP contribution in [-0.2, 0) is 11.2 Å². The molecule has 1 atom stereocenters. The predicted molar refractivity (Wildman–Crippen MR) is 82.1 cm³/mol. The summed E-state index contributed by atoms with van der Waals surface area (Å²) in [5.74, 6) is 0.377. The minimum atomic E-state index is -0.633. The third kappa shape index (κ3) is 2.76. The summed E-state index contributed by atoms with van der Waals surface area (Å²) in [5, 5.41) is 18.8. The first kappa shape index (κ1) is 14.4. The molecule has 2 N–H and O–H groups in total. The number of phenolic OH excluding ortho intramolecular Hbond substituents is 1. The number of hydrogen-bond donors (Lipinski definition) is 2. The summed E-state index contributed by atoms with van der Waals surface area (Å²) in [6, 6.07) is 14.3. The molecule has 0 spiro atoms. The fourth-order valence-corrected chi connectivity index (χ4v) is 2.60. The van der Waals surface area contributed by atoms with Gasteiger partial charge in [-0.05, 0) is 17.7 Å². The van der Waals surface area contributed by atoms with Crippen LogP contribution < -0.4 is 9.64 Å². The van der Waals surface area contributed by atoms with E-state index in [1.165, 1.54) is 17.0 Å². The Morgan fingerprint density at radius 2 is 1.91 bits per heavy atom. The van der Waals surface area contributed by atoms with Crippen LogP contribution in [-0.4, -0.2) is 35.4 Å². The van der Waals surface area contributed by atoms with Gasteiger partial charge >= 0.3 is 0 Å². The Hall–Kier alpha value is -2.53. The maximum absolute atomic E-state index is 12.6. The second-order valence-electron chi connectivity index (χ2n) is 5.16. The van der Waals surface area contributed by atoms with Gasteiger partial charge in [-0.2, -0.15) is 0 Å². The van der Waals surface area contributed by atoms with E-state index in [0.29, 0.717) is 17.9 Å². The number of benzene rings is 2. The van der Waals surface area contributed by atoms with Crippen LogP contribution in [0.1, 0.15) is 5.56 Å². The summed E-state index contributed by atoms with van der Waals surface area (Å²) in [5.41, 5.74) is 1.50. The van der Waals surface area contributed by atoms with Crippen molar-refractivity contribution in [2.75, 3.05) is 18.1 Å². The quantitative estimate of drug-likeness (QED) is 0.902. The number of carbonyl (C=O) groups is 1. The first-order valence-corrected chi connectivity index (χ1v) is 7.15. The minimum Gasteiger partial charge on any atom is -0.508 e. The number of rotatable bonds is 4. The van der Waals surface area contributed by atoms with E-state index in [9.17, 15) is 15.0 Å². The number of phenols is 1. The number of aliphatic hydroxyl groups excluding tert-OH is 1. The topological polar surface area (TPSA) is 70.0 Å². The van der Waals surface area contributed by atoms with Crippen molar-refractivity contribution in [2.24, 2.45) is 0 Å². The summed E-state index contributed by atoms with van der Waals surface area (Å²) >= 11 is 0. The number of amides is 1. The molecule has 0 aliphatic carbocycles. The van der Waals surface area contributed by atoms with Crippen LogP contribution in [0.4, 0.5) is 5.69 Å². The van der Waals surface area contributed by atoms with Gasteiger partial charge in [0.05, 0.1) is 12.3 Å². The molecule has 1 amide bonds. The molecule has 1 aliphatic rings. The summed E-state index contributed by atoms with van der Waals surface area (Å²) < 4.78 is 5.80. The molecule has 22 heavy (non-hydrogen) atoms. The summed E-state index contributed by atoms with van der Waals surface area (Å²) in [4.78, 5) is 14.1. The number of carbonyl (C=O) groups excluding carboxylic acids is 1. The van der Waals surface area contributed by atoms with E-state index < -0.39 is 6.10 Å². The first-order valence-electron chi connectivity index (χ1n) is 7.15. The highest BCUT2D eigenvalue weighted by Gasteiger charge is 2.34. The van der Waals surface area contributed by atoms with Gasteiger partial charge < -0.3 is 19.8 Å². The van der Waals surface area contributed by atoms with Crippen molar-refractivity contribution in [3.63, 3.8) is 0 Å². The number of hydrogen-bond acceptors (Lipinski definition) is 4. The highest BCUT2D eigenvalue weighted by molar-refractivity contribution is 6.00. The molecule has 2 aromatic rings. The molecule has 1 aliphatic heterocycles. The molecule has 0 saturated heterocycles. The van der Waals surface area contributed by atoms with E-state index in [1.807, 2.05) is 30.3 Å². The highest BCUT2D eigenvalue weighted by atomic mass is 16.5. The van der Waals surface area contributed by atoms with Gasteiger partial charge in [-0.15, -0.1) is 0 Å². The van der Waals surface area contributed by atoms with Crippen molar-refractivity contribution < 1.29 is 19.7 Å². The number of anilines is 1. The van der Waals surface area contributed by atoms with Crippen LogP contribution in [0.2, 0.25) is 0 Å². The Morgan fingerprint density at radius 3 is 2.64 bits per heavy atom. The van der Waals surface area contributed by atoms with Gasteiger partial charge in [0.2, 0.25) is 0 Å². The Morgan fingerprint density at radius 1 is 1.14 bits per heavy atom. The molecule has 1 heterocycles. The summed E-state index contributed by atoms with van der Waals surface area (Å²) in [7, 11) is 0. The Labute approximate surface area is 128 Å². The number of aromatic hydroxyl groups is 1. The van der Waals surface area contributed by atoms with E-state index in [0.717, 1.165) is 5.56 Å². The number of ether oxygens (including phenoxy) is 1. The molecule has 5 heteroatoms. The maximum atomic E-state index is 12.6. The summed E-state index contributed by atoms with van der Waals surface area (Å²) in [6.07, 6.45) is -0.173. The Bertz CT molecular complexity index is 672. The predicted octanol–water partition coefficient (Wildman–Crippen LogP) is 1.72. The lowest BCUT2D eigenvalue weighted by Crippen LogP contribution is -2.48. The number of fused-ring (bicyclic) bond motifs is 1. The molecule has 3 rings (SSSR count). The number of nitrogens with zero attached hydrogens (tertiary/aromatic N) is 1. The molecule has 0 saturated carbocycles. The zero-order chi connectivity index (χ0) is 15.5. The van der Waals surface area contributed by atoms with Crippen LogP contribution in [0.25, 0.3) is 0 Å². The second kappa shape index (κ2) is 6.07. The van der Waals surface area contributed by atoms with E-state index in [-0.39, 0.29) is 24.8 Å². The van der Waals surface area contributed by atoms with Gasteiger partial charge in [0.1, 0.15) is 11.5 Å². The average molecular weight is 299 g/mol. The van der Waals surface area contributed by atoms with Crippen molar-refractivity contribution in [3.8, 4) is 11.5 Å². The molecule has 0 radical (unpaired) electrons. The third-order valence-electron chi connectivity index (χ3n) is 3.63. The Kier molecular flexibility index (Phi) is 3.98. The van der Waals surface area contributed by atoms with E-state index in [2.05, 4.69) is 0 Å². The molecule has 1 unspecified atom stereocenters. The standard InChI is InChI=1S/C17H17NO4/c19-9-8-18-14-11-13(20)6-7-15(14)22-16(17(18)21)10-12-4-2-1-3-5-12/h1-7,11,16,19-20H,8-10H2. The molecule has 114 valence electrons. The van der Waals surface area contributed by atoms with Gasteiger partial charge in [0, 0.05) is 19.0 Å². The molecule has 0 bridgehead atoms. The fraction of sp³-hybridized carbons (Fsp3) is 0.235. The SMILES string of the molecule is O=C1C(Cc2ccccc2)Oc2ccc(O)cc2N1CCO. The first-order chi connectivity index (χ1) is 10.7. The van der Waals surface area contributed by atoms with E-state index >= 15 is 0 Å². The van der Waals surface area contributed by atoms with Gasteiger partial charge in [-0.3, -0.25) is 4.79 Å². The van der Waals surface area contributed by atoms with Crippen molar-refractivity contribution in [3.05, 3.63) is 54.1 Å². The third-order valence-corrected chi connectivity index (χ3v) is 3.63. The minimum absolute atomic E-state index is 0.0552. The van der Waals surface area contributed by atoms with Crippen molar-refractivity contribution in [2.45, 2.75) is 12.5 Å². The smallest absolute Gasteiger partial charge is 0.268 e. The zero-order valence-corrected chi connectivity index (χ0v) is 12.0. The molecule has 2 aromatic carbocycles. The van der Waals surface area contributed by atoms with Crippen molar-refractivity contribution >= 4 is 11.6 Å².